The number of anilines is 3. The molecular formula is C19H31N9O2. The first-order chi connectivity index (χ1) is 14.8. The highest BCUT2D eigenvalue weighted by Gasteiger charge is 2.18. The largest absolute Gasteiger partial charge is 0.396 e. The Morgan fingerprint density at radius 2 is 2.03 bits per heavy atom. The van der Waals surface area contributed by atoms with Crippen molar-refractivity contribution in [3.63, 3.8) is 0 Å². The Bertz CT molecular complexity index is 788. The molecule has 0 unspecified atom stereocenters. The Kier molecular flexibility index (Phi) is 7.27. The standard InChI is InChI=1S/C19H31N9O2/c29-9-1-6-28-14-16(25-26-28)13-21-19-23-17(22-15-2-4-20-5-3-15)12-18(24-19)27-7-10-30-11-8-27/h12,14-15,20,29H,1-11,13H2,(H2,21,22,23,24). The maximum atomic E-state index is 8.95. The molecule has 0 amide bonds. The third kappa shape index (κ3) is 5.77. The third-order valence-corrected chi connectivity index (χ3v) is 5.30. The summed E-state index contributed by atoms with van der Waals surface area (Å²) in [5.41, 5.74) is 0.807. The highest BCUT2D eigenvalue weighted by atomic mass is 16.5. The Balaban J connectivity index is 1.45. The van der Waals surface area contributed by atoms with Gasteiger partial charge in [-0.1, -0.05) is 5.21 Å². The number of hydrogen-bond donors (Lipinski definition) is 4. The molecule has 2 saturated heterocycles. The number of rotatable bonds is 9. The van der Waals surface area contributed by atoms with Crippen LogP contribution in [0.2, 0.25) is 0 Å². The van der Waals surface area contributed by atoms with E-state index in [1.165, 1.54) is 0 Å². The van der Waals surface area contributed by atoms with Crippen LogP contribution in [0.5, 0.6) is 0 Å². The molecular weight excluding hydrogens is 386 g/mol. The molecule has 0 radical (unpaired) electrons. The van der Waals surface area contributed by atoms with Crippen LogP contribution in [0.4, 0.5) is 17.6 Å². The predicted octanol–water partition coefficient (Wildman–Crippen LogP) is 0.0631. The van der Waals surface area contributed by atoms with Crippen molar-refractivity contribution >= 4 is 17.6 Å². The Morgan fingerprint density at radius 3 is 2.83 bits per heavy atom. The molecule has 0 spiro atoms. The first-order valence-electron chi connectivity index (χ1n) is 10.7. The van der Waals surface area contributed by atoms with Gasteiger partial charge in [-0.2, -0.15) is 9.97 Å². The second kappa shape index (κ2) is 10.5. The van der Waals surface area contributed by atoms with Crippen LogP contribution in [0, 0.1) is 0 Å². The van der Waals surface area contributed by atoms with E-state index < -0.39 is 0 Å². The molecule has 30 heavy (non-hydrogen) atoms. The number of aromatic nitrogens is 5. The van der Waals surface area contributed by atoms with Gasteiger partial charge in [0.25, 0.3) is 0 Å². The molecule has 164 valence electrons. The minimum atomic E-state index is 0.141. The number of morpholine rings is 1. The summed E-state index contributed by atoms with van der Waals surface area (Å²) < 4.78 is 7.22. The van der Waals surface area contributed by atoms with E-state index in [0.717, 1.165) is 56.4 Å². The third-order valence-electron chi connectivity index (χ3n) is 5.30. The van der Waals surface area contributed by atoms with Crippen LogP contribution in [-0.2, 0) is 17.8 Å². The Morgan fingerprint density at radius 1 is 1.20 bits per heavy atom. The van der Waals surface area contributed by atoms with Crippen LogP contribution >= 0.6 is 0 Å². The van der Waals surface area contributed by atoms with Gasteiger partial charge in [0.15, 0.2) is 0 Å². The van der Waals surface area contributed by atoms with Crippen molar-refractivity contribution in [3.8, 4) is 0 Å². The van der Waals surface area contributed by atoms with Gasteiger partial charge in [0, 0.05) is 38.3 Å². The topological polar surface area (TPSA) is 125 Å². The van der Waals surface area contributed by atoms with E-state index in [1.54, 1.807) is 4.68 Å². The number of nitrogens with zero attached hydrogens (tertiary/aromatic N) is 6. The summed E-state index contributed by atoms with van der Waals surface area (Å²) >= 11 is 0. The number of aliphatic hydroxyl groups excluding tert-OH is 1. The summed E-state index contributed by atoms with van der Waals surface area (Å²) in [5, 5.41) is 27.5. The van der Waals surface area contributed by atoms with Gasteiger partial charge in [-0.15, -0.1) is 5.10 Å². The quantitative estimate of drug-likeness (QED) is 0.445. The van der Waals surface area contributed by atoms with Crippen molar-refractivity contribution < 1.29 is 9.84 Å². The molecule has 11 heteroatoms. The number of hydrogen-bond acceptors (Lipinski definition) is 10. The molecule has 0 saturated carbocycles. The predicted molar refractivity (Wildman–Crippen MR) is 114 cm³/mol. The van der Waals surface area contributed by atoms with Crippen LogP contribution in [0.25, 0.3) is 0 Å². The Labute approximate surface area is 176 Å². The number of aryl methyl sites for hydroxylation is 1. The zero-order chi connectivity index (χ0) is 20.6. The van der Waals surface area contributed by atoms with Crippen LogP contribution < -0.4 is 20.9 Å². The molecule has 2 aromatic rings. The minimum Gasteiger partial charge on any atom is -0.396 e. The molecule has 0 aromatic carbocycles. The molecule has 0 aliphatic carbocycles. The number of piperidine rings is 1. The second-order valence-corrected chi connectivity index (χ2v) is 7.61. The molecule has 0 atom stereocenters. The summed E-state index contributed by atoms with van der Waals surface area (Å²) in [6.07, 6.45) is 4.70. The van der Waals surface area contributed by atoms with E-state index in [0.29, 0.717) is 44.7 Å². The van der Waals surface area contributed by atoms with Gasteiger partial charge in [0.2, 0.25) is 5.95 Å². The maximum absolute atomic E-state index is 8.95. The lowest BCUT2D eigenvalue weighted by Gasteiger charge is -2.29. The van der Waals surface area contributed by atoms with E-state index in [9.17, 15) is 0 Å². The van der Waals surface area contributed by atoms with Crippen molar-refractivity contribution in [1.29, 1.82) is 0 Å². The molecule has 2 aliphatic heterocycles. The average Bonchev–Trinajstić information content (AvgIpc) is 3.25. The number of aliphatic hydroxyl groups is 1. The van der Waals surface area contributed by atoms with E-state index >= 15 is 0 Å². The van der Waals surface area contributed by atoms with Crippen LogP contribution in [0.1, 0.15) is 25.0 Å². The fourth-order valence-electron chi connectivity index (χ4n) is 3.65. The van der Waals surface area contributed by atoms with Gasteiger partial charge >= 0.3 is 0 Å². The normalized spacial score (nSPS) is 17.8. The zero-order valence-corrected chi connectivity index (χ0v) is 17.3. The van der Waals surface area contributed by atoms with E-state index in [-0.39, 0.29) is 6.61 Å². The molecule has 4 heterocycles. The highest BCUT2D eigenvalue weighted by Crippen LogP contribution is 2.21. The lowest BCUT2D eigenvalue weighted by molar-refractivity contribution is 0.122. The van der Waals surface area contributed by atoms with Gasteiger partial charge in [0.1, 0.15) is 17.3 Å². The molecule has 2 fully saturated rings. The van der Waals surface area contributed by atoms with Crippen molar-refractivity contribution in [1.82, 2.24) is 30.3 Å². The van der Waals surface area contributed by atoms with Gasteiger partial charge in [0.05, 0.1) is 26.0 Å². The number of nitrogens with one attached hydrogen (secondary N) is 3. The molecule has 2 aromatic heterocycles. The van der Waals surface area contributed by atoms with Crippen LogP contribution in [-0.4, -0.2) is 82.1 Å². The van der Waals surface area contributed by atoms with Crippen molar-refractivity contribution in [2.75, 3.05) is 61.5 Å². The smallest absolute Gasteiger partial charge is 0.226 e. The van der Waals surface area contributed by atoms with Crippen molar-refractivity contribution in [3.05, 3.63) is 18.0 Å². The van der Waals surface area contributed by atoms with Gasteiger partial charge < -0.3 is 30.7 Å². The monoisotopic (exact) mass is 417 g/mol. The van der Waals surface area contributed by atoms with E-state index in [4.69, 9.17) is 19.8 Å². The number of ether oxygens (including phenoxy) is 1. The summed E-state index contributed by atoms with van der Waals surface area (Å²) in [6.45, 7) is 6.39. The van der Waals surface area contributed by atoms with E-state index in [1.807, 2.05) is 12.3 Å². The minimum absolute atomic E-state index is 0.141. The van der Waals surface area contributed by atoms with E-state index in [2.05, 4.69) is 31.2 Å². The SMILES string of the molecule is OCCCn1cc(CNc2nc(NC3CCNCC3)cc(N3CCOCC3)n2)nn1. The summed E-state index contributed by atoms with van der Waals surface area (Å²) in [6, 6.07) is 2.45. The van der Waals surface area contributed by atoms with Gasteiger partial charge in [-0.3, -0.25) is 4.68 Å². The second-order valence-electron chi connectivity index (χ2n) is 7.61. The van der Waals surface area contributed by atoms with Crippen molar-refractivity contribution in [2.45, 2.75) is 38.4 Å². The summed E-state index contributed by atoms with van der Waals surface area (Å²) in [5.74, 6) is 2.31. The van der Waals surface area contributed by atoms with Gasteiger partial charge in [-0.25, -0.2) is 0 Å². The van der Waals surface area contributed by atoms with Gasteiger partial charge in [-0.05, 0) is 32.4 Å². The molecule has 2 aliphatic rings. The molecule has 0 bridgehead atoms. The summed E-state index contributed by atoms with van der Waals surface area (Å²) in [7, 11) is 0. The lowest BCUT2D eigenvalue weighted by Crippen LogP contribution is -2.37. The first-order valence-corrected chi connectivity index (χ1v) is 10.7. The molecule has 4 N–H and O–H groups in total. The Hall–Kier alpha value is -2.50. The lowest BCUT2D eigenvalue weighted by atomic mass is 10.1. The maximum Gasteiger partial charge on any atom is 0.226 e. The molecule has 4 rings (SSSR count). The summed E-state index contributed by atoms with van der Waals surface area (Å²) in [4.78, 5) is 11.7. The highest BCUT2D eigenvalue weighted by molar-refractivity contribution is 5.54. The average molecular weight is 418 g/mol. The first kappa shape index (κ1) is 20.8. The fourth-order valence-corrected chi connectivity index (χ4v) is 3.65. The zero-order valence-electron chi connectivity index (χ0n) is 17.3. The molecule has 11 nitrogen and oxygen atoms in total. The van der Waals surface area contributed by atoms with Crippen LogP contribution in [0.15, 0.2) is 12.3 Å². The van der Waals surface area contributed by atoms with Crippen LogP contribution in [0.3, 0.4) is 0 Å². The van der Waals surface area contributed by atoms with Crippen molar-refractivity contribution in [2.24, 2.45) is 0 Å². The fraction of sp³-hybridized carbons (Fsp3) is 0.684.